The minimum Gasteiger partial charge on any atom is -0.496 e. The minimum absolute atomic E-state index is 0.294. The maximum Gasteiger partial charge on any atom is 0.244 e. The SMILES string of the molecule is COc1ccc(Br)cc1C1SCCN1S(=O)(=O)c1ccc(C(C)C)cc1. The highest BCUT2D eigenvalue weighted by molar-refractivity contribution is 9.10. The maximum absolute atomic E-state index is 13.2. The third-order valence-corrected chi connectivity index (χ3v) is 8.21. The Kier molecular flexibility index (Phi) is 6.01. The highest BCUT2D eigenvalue weighted by Gasteiger charge is 2.38. The summed E-state index contributed by atoms with van der Waals surface area (Å²) in [5.74, 6) is 1.82. The summed E-state index contributed by atoms with van der Waals surface area (Å²) in [5.41, 5.74) is 2.00. The molecular weight excluding hydrogens is 434 g/mol. The third-order valence-electron chi connectivity index (χ3n) is 4.46. The topological polar surface area (TPSA) is 46.6 Å². The molecule has 1 aliphatic rings. The zero-order chi connectivity index (χ0) is 18.9. The summed E-state index contributed by atoms with van der Waals surface area (Å²) in [7, 11) is -1.97. The zero-order valence-electron chi connectivity index (χ0n) is 15.0. The van der Waals surface area contributed by atoms with Crippen LogP contribution < -0.4 is 4.74 Å². The van der Waals surface area contributed by atoms with Gasteiger partial charge >= 0.3 is 0 Å². The van der Waals surface area contributed by atoms with Gasteiger partial charge in [0.2, 0.25) is 10.0 Å². The molecule has 1 fully saturated rings. The van der Waals surface area contributed by atoms with Crippen molar-refractivity contribution in [3.63, 3.8) is 0 Å². The number of hydrogen-bond donors (Lipinski definition) is 0. The number of rotatable bonds is 5. The van der Waals surface area contributed by atoms with E-state index in [1.807, 2.05) is 30.3 Å². The first kappa shape index (κ1) is 19.7. The fraction of sp³-hybridized carbons (Fsp3) is 0.368. The predicted octanol–water partition coefficient (Wildman–Crippen LogP) is 5.02. The van der Waals surface area contributed by atoms with Crippen molar-refractivity contribution < 1.29 is 13.2 Å². The van der Waals surface area contributed by atoms with Crippen LogP contribution in [-0.2, 0) is 10.0 Å². The van der Waals surface area contributed by atoms with E-state index in [9.17, 15) is 8.42 Å². The fourth-order valence-corrected chi connectivity index (χ4v) is 6.63. The summed E-state index contributed by atoms with van der Waals surface area (Å²) in [6.45, 7) is 4.67. The zero-order valence-corrected chi connectivity index (χ0v) is 18.2. The number of benzene rings is 2. The van der Waals surface area contributed by atoms with Crippen LogP contribution >= 0.6 is 27.7 Å². The molecule has 26 heavy (non-hydrogen) atoms. The molecule has 1 atom stereocenters. The van der Waals surface area contributed by atoms with Gasteiger partial charge in [-0.3, -0.25) is 0 Å². The lowest BCUT2D eigenvalue weighted by molar-refractivity contribution is 0.390. The Bertz CT molecular complexity index is 882. The van der Waals surface area contributed by atoms with E-state index in [0.717, 1.165) is 21.4 Å². The molecule has 0 aliphatic carbocycles. The summed E-state index contributed by atoms with van der Waals surface area (Å²) >= 11 is 5.09. The average molecular weight is 456 g/mol. The smallest absolute Gasteiger partial charge is 0.244 e. The summed E-state index contributed by atoms with van der Waals surface area (Å²) in [4.78, 5) is 0.336. The Morgan fingerprint density at radius 3 is 2.50 bits per heavy atom. The molecule has 2 aromatic carbocycles. The highest BCUT2D eigenvalue weighted by Crippen LogP contribution is 2.45. The molecule has 4 nitrogen and oxygen atoms in total. The second kappa shape index (κ2) is 7.92. The van der Waals surface area contributed by atoms with Crippen LogP contribution in [0.4, 0.5) is 0 Å². The summed E-state index contributed by atoms with van der Waals surface area (Å²) in [5, 5.41) is -0.294. The van der Waals surface area contributed by atoms with Gasteiger partial charge in [-0.25, -0.2) is 8.42 Å². The van der Waals surface area contributed by atoms with Gasteiger partial charge in [0.15, 0.2) is 0 Å². The molecule has 7 heteroatoms. The van der Waals surface area contributed by atoms with Crippen LogP contribution in [0.5, 0.6) is 5.75 Å². The molecule has 0 spiro atoms. The molecule has 140 valence electrons. The molecule has 0 amide bonds. The molecule has 2 aromatic rings. The highest BCUT2D eigenvalue weighted by atomic mass is 79.9. The number of methoxy groups -OCH3 is 1. The van der Waals surface area contributed by atoms with Gasteiger partial charge < -0.3 is 4.74 Å². The van der Waals surface area contributed by atoms with Crippen molar-refractivity contribution in [3.8, 4) is 5.75 Å². The van der Waals surface area contributed by atoms with Crippen LogP contribution in [0, 0.1) is 0 Å². The van der Waals surface area contributed by atoms with E-state index in [2.05, 4.69) is 29.8 Å². The predicted molar refractivity (Wildman–Crippen MR) is 110 cm³/mol. The molecule has 1 unspecified atom stereocenters. The van der Waals surface area contributed by atoms with Crippen molar-refractivity contribution in [1.29, 1.82) is 0 Å². The van der Waals surface area contributed by atoms with E-state index >= 15 is 0 Å². The second-order valence-electron chi connectivity index (χ2n) is 6.45. The monoisotopic (exact) mass is 455 g/mol. The second-order valence-corrected chi connectivity index (χ2v) is 10.4. The molecule has 0 radical (unpaired) electrons. The summed E-state index contributed by atoms with van der Waals surface area (Å²) < 4.78 is 34.4. The standard InChI is InChI=1S/C19H22BrNO3S2/c1-13(2)14-4-7-16(8-5-14)26(22,23)21-10-11-25-19(21)17-12-15(20)6-9-18(17)24-3/h4-9,12-13,19H,10-11H2,1-3H3. The first-order chi connectivity index (χ1) is 12.3. The van der Waals surface area contributed by atoms with Gasteiger partial charge in [-0.1, -0.05) is 41.9 Å². The van der Waals surface area contributed by atoms with Gasteiger partial charge in [-0.2, -0.15) is 4.31 Å². The molecule has 3 rings (SSSR count). The number of nitrogens with zero attached hydrogens (tertiary/aromatic N) is 1. The van der Waals surface area contributed by atoms with Gasteiger partial charge in [0.1, 0.15) is 5.75 Å². The van der Waals surface area contributed by atoms with E-state index in [-0.39, 0.29) is 5.37 Å². The average Bonchev–Trinajstić information content (AvgIpc) is 3.12. The fourth-order valence-electron chi connectivity index (χ4n) is 3.00. The van der Waals surface area contributed by atoms with E-state index in [4.69, 9.17) is 4.74 Å². The van der Waals surface area contributed by atoms with Crippen LogP contribution in [0.25, 0.3) is 0 Å². The van der Waals surface area contributed by atoms with Crippen LogP contribution in [0.3, 0.4) is 0 Å². The van der Waals surface area contributed by atoms with Gasteiger partial charge in [-0.15, -0.1) is 11.8 Å². The van der Waals surface area contributed by atoms with Gasteiger partial charge in [0.25, 0.3) is 0 Å². The molecule has 0 saturated carbocycles. The largest absolute Gasteiger partial charge is 0.496 e. The number of ether oxygens (including phenoxy) is 1. The van der Waals surface area contributed by atoms with Crippen molar-refractivity contribution >= 4 is 37.7 Å². The van der Waals surface area contributed by atoms with Crippen molar-refractivity contribution in [2.45, 2.75) is 30.0 Å². The Labute approximate surface area is 168 Å². The third kappa shape index (κ3) is 3.81. The van der Waals surface area contributed by atoms with Crippen LogP contribution in [0.2, 0.25) is 0 Å². The van der Waals surface area contributed by atoms with Crippen molar-refractivity contribution in [3.05, 3.63) is 58.1 Å². The first-order valence-electron chi connectivity index (χ1n) is 8.41. The number of sulfonamides is 1. The van der Waals surface area contributed by atoms with Crippen LogP contribution in [0.15, 0.2) is 51.8 Å². The lowest BCUT2D eigenvalue weighted by Crippen LogP contribution is -2.30. The Balaban J connectivity index is 1.98. The number of thioether (sulfide) groups is 1. The lowest BCUT2D eigenvalue weighted by Gasteiger charge is -2.25. The van der Waals surface area contributed by atoms with Crippen molar-refractivity contribution in [2.75, 3.05) is 19.4 Å². The molecule has 0 aromatic heterocycles. The summed E-state index contributed by atoms with van der Waals surface area (Å²) in [6, 6.07) is 12.9. The normalized spacial score (nSPS) is 18.4. The van der Waals surface area contributed by atoms with E-state index in [1.165, 1.54) is 0 Å². The van der Waals surface area contributed by atoms with Gasteiger partial charge in [0.05, 0.1) is 17.4 Å². The van der Waals surface area contributed by atoms with Crippen LogP contribution in [0.1, 0.15) is 36.3 Å². The van der Waals surface area contributed by atoms with Crippen LogP contribution in [-0.4, -0.2) is 32.1 Å². The first-order valence-corrected chi connectivity index (χ1v) is 11.7. The molecule has 0 N–H and O–H groups in total. The molecule has 1 aliphatic heterocycles. The van der Waals surface area contributed by atoms with Crippen molar-refractivity contribution in [1.82, 2.24) is 4.31 Å². The Morgan fingerprint density at radius 1 is 1.19 bits per heavy atom. The number of halogens is 1. The van der Waals surface area contributed by atoms with E-state index in [1.54, 1.807) is 35.3 Å². The maximum atomic E-state index is 13.2. The van der Waals surface area contributed by atoms with E-state index in [0.29, 0.717) is 23.1 Å². The molecule has 1 saturated heterocycles. The van der Waals surface area contributed by atoms with E-state index < -0.39 is 10.0 Å². The Morgan fingerprint density at radius 2 is 1.88 bits per heavy atom. The quantitative estimate of drug-likeness (QED) is 0.634. The molecule has 0 bridgehead atoms. The molecular formula is C19H22BrNO3S2. The Hall–Kier alpha value is -1.02. The molecule has 1 heterocycles. The van der Waals surface area contributed by atoms with Gasteiger partial charge in [0, 0.05) is 22.3 Å². The summed E-state index contributed by atoms with van der Waals surface area (Å²) in [6.07, 6.45) is 0. The van der Waals surface area contributed by atoms with Gasteiger partial charge in [-0.05, 0) is 41.8 Å². The number of hydrogen-bond acceptors (Lipinski definition) is 4. The van der Waals surface area contributed by atoms with Crippen molar-refractivity contribution in [2.24, 2.45) is 0 Å². The minimum atomic E-state index is -3.57. The lowest BCUT2D eigenvalue weighted by atomic mass is 10.0.